The van der Waals surface area contributed by atoms with Crippen LogP contribution >= 0.6 is 0 Å². The van der Waals surface area contributed by atoms with Crippen molar-refractivity contribution >= 4 is 0 Å². The van der Waals surface area contributed by atoms with Gasteiger partial charge in [-0.3, -0.25) is 9.80 Å². The molecule has 2 atom stereocenters. The van der Waals surface area contributed by atoms with Gasteiger partial charge in [0.05, 0.1) is 0 Å². The second-order valence-electron chi connectivity index (χ2n) is 6.49. The molecule has 2 aliphatic rings. The molecule has 0 spiro atoms. The highest BCUT2D eigenvalue weighted by atomic mass is 15.3. The molecule has 0 aromatic carbocycles. The molecule has 2 rings (SSSR count). The lowest BCUT2D eigenvalue weighted by Gasteiger charge is -2.42. The Kier molecular flexibility index (Phi) is 6.11. The Morgan fingerprint density at radius 3 is 2.26 bits per heavy atom. The van der Waals surface area contributed by atoms with Gasteiger partial charge in [0, 0.05) is 44.3 Å². The molecule has 3 nitrogen and oxygen atoms in total. The van der Waals surface area contributed by atoms with Crippen LogP contribution in [-0.2, 0) is 0 Å². The minimum Gasteiger partial charge on any atom is -0.313 e. The second-order valence-corrected chi connectivity index (χ2v) is 6.49. The molecule has 1 heterocycles. The maximum Gasteiger partial charge on any atom is 0.0219 e. The Bertz CT molecular complexity index is 242. The van der Waals surface area contributed by atoms with Gasteiger partial charge in [0.15, 0.2) is 0 Å². The molecule has 1 saturated carbocycles. The first-order chi connectivity index (χ1) is 9.22. The highest BCUT2D eigenvalue weighted by Gasteiger charge is 2.28. The smallest absolute Gasteiger partial charge is 0.0219 e. The molecule has 0 radical (unpaired) electrons. The van der Waals surface area contributed by atoms with Gasteiger partial charge >= 0.3 is 0 Å². The summed E-state index contributed by atoms with van der Waals surface area (Å²) in [6.45, 7) is 13.2. The Morgan fingerprint density at radius 1 is 1.05 bits per heavy atom. The Balaban J connectivity index is 1.72. The van der Waals surface area contributed by atoms with Crippen LogP contribution in [0.15, 0.2) is 0 Å². The summed E-state index contributed by atoms with van der Waals surface area (Å²) in [7, 11) is 0. The predicted octanol–water partition coefficient (Wildman–Crippen LogP) is 2.32. The van der Waals surface area contributed by atoms with E-state index in [9.17, 15) is 0 Å². The zero-order valence-electron chi connectivity index (χ0n) is 13.2. The molecule has 3 heteroatoms. The van der Waals surface area contributed by atoms with Crippen molar-refractivity contribution < 1.29 is 0 Å². The summed E-state index contributed by atoms with van der Waals surface area (Å²) in [4.78, 5) is 5.43. The van der Waals surface area contributed by atoms with Crippen molar-refractivity contribution in [3.8, 4) is 0 Å². The van der Waals surface area contributed by atoms with Crippen molar-refractivity contribution in [3.05, 3.63) is 0 Å². The molecule has 0 amide bonds. The van der Waals surface area contributed by atoms with Crippen LogP contribution in [0.3, 0.4) is 0 Å². The van der Waals surface area contributed by atoms with E-state index in [-0.39, 0.29) is 0 Å². The first-order valence-electron chi connectivity index (χ1n) is 8.44. The second kappa shape index (κ2) is 7.61. The summed E-state index contributed by atoms with van der Waals surface area (Å²) in [5.41, 5.74) is 0. The Hall–Kier alpha value is -0.120. The van der Waals surface area contributed by atoms with Crippen LogP contribution in [0, 0.1) is 0 Å². The highest BCUT2D eigenvalue weighted by molar-refractivity contribution is 4.86. The van der Waals surface area contributed by atoms with E-state index in [2.05, 4.69) is 35.9 Å². The number of nitrogens with zero attached hydrogens (tertiary/aromatic N) is 2. The lowest BCUT2D eigenvalue weighted by atomic mass is 10.1. The topological polar surface area (TPSA) is 18.5 Å². The first kappa shape index (κ1) is 15.3. The van der Waals surface area contributed by atoms with Crippen molar-refractivity contribution in [1.82, 2.24) is 15.1 Å². The SMILES string of the molecule is CCCNC(C)C(C)N1CCN(C2CCCC2)CC1. The molecule has 1 N–H and O–H groups in total. The fourth-order valence-corrected chi connectivity index (χ4v) is 3.64. The molecule has 0 aromatic rings. The molecule has 1 aliphatic heterocycles. The number of nitrogens with one attached hydrogen (secondary N) is 1. The number of piperazine rings is 1. The van der Waals surface area contributed by atoms with Crippen LogP contribution in [0.25, 0.3) is 0 Å². The van der Waals surface area contributed by atoms with E-state index in [1.54, 1.807) is 0 Å². The molecule has 2 unspecified atom stereocenters. The van der Waals surface area contributed by atoms with Crippen molar-refractivity contribution in [1.29, 1.82) is 0 Å². The maximum absolute atomic E-state index is 3.64. The third-order valence-electron chi connectivity index (χ3n) is 5.21. The number of hydrogen-bond acceptors (Lipinski definition) is 3. The fourth-order valence-electron chi connectivity index (χ4n) is 3.64. The Morgan fingerprint density at radius 2 is 1.68 bits per heavy atom. The largest absolute Gasteiger partial charge is 0.313 e. The van der Waals surface area contributed by atoms with E-state index < -0.39 is 0 Å². The summed E-state index contributed by atoms with van der Waals surface area (Å²) < 4.78 is 0. The van der Waals surface area contributed by atoms with Gasteiger partial charge in [0.2, 0.25) is 0 Å². The van der Waals surface area contributed by atoms with E-state index in [1.807, 2.05) is 0 Å². The first-order valence-corrected chi connectivity index (χ1v) is 8.44. The van der Waals surface area contributed by atoms with Gasteiger partial charge in [-0.2, -0.15) is 0 Å². The standard InChI is InChI=1S/C16H33N3/c1-4-9-17-14(2)15(3)18-10-12-19(13-11-18)16-7-5-6-8-16/h14-17H,4-13H2,1-3H3. The third kappa shape index (κ3) is 4.17. The molecule has 2 fully saturated rings. The summed E-state index contributed by atoms with van der Waals surface area (Å²) in [6.07, 6.45) is 7.04. The predicted molar refractivity (Wildman–Crippen MR) is 82.6 cm³/mol. The van der Waals surface area contributed by atoms with Crippen LogP contribution < -0.4 is 5.32 Å². The highest BCUT2D eigenvalue weighted by Crippen LogP contribution is 2.24. The zero-order valence-corrected chi connectivity index (χ0v) is 13.2. The molecule has 1 saturated heterocycles. The normalized spacial score (nSPS) is 26.7. The van der Waals surface area contributed by atoms with Gasteiger partial charge in [-0.05, 0) is 39.7 Å². The summed E-state index contributed by atoms with van der Waals surface area (Å²) in [6, 6.07) is 2.18. The van der Waals surface area contributed by atoms with Gasteiger partial charge in [0.25, 0.3) is 0 Å². The summed E-state index contributed by atoms with van der Waals surface area (Å²) >= 11 is 0. The molecular formula is C16H33N3. The molecule has 0 bridgehead atoms. The van der Waals surface area contributed by atoms with Crippen LogP contribution in [-0.4, -0.2) is 60.6 Å². The maximum atomic E-state index is 3.64. The fraction of sp³-hybridized carbons (Fsp3) is 1.00. The van der Waals surface area contributed by atoms with E-state index in [0.717, 1.165) is 12.6 Å². The molecule has 1 aliphatic carbocycles. The lowest BCUT2D eigenvalue weighted by molar-refractivity contribution is 0.0652. The summed E-state index contributed by atoms with van der Waals surface area (Å²) in [5.74, 6) is 0. The minimum atomic E-state index is 0.609. The van der Waals surface area contributed by atoms with Crippen LogP contribution in [0.5, 0.6) is 0 Å². The quantitative estimate of drug-likeness (QED) is 0.797. The van der Waals surface area contributed by atoms with E-state index >= 15 is 0 Å². The average Bonchev–Trinajstić information content (AvgIpc) is 2.98. The average molecular weight is 267 g/mol. The minimum absolute atomic E-state index is 0.609. The monoisotopic (exact) mass is 267 g/mol. The van der Waals surface area contributed by atoms with Crippen LogP contribution in [0.2, 0.25) is 0 Å². The van der Waals surface area contributed by atoms with Gasteiger partial charge in [-0.15, -0.1) is 0 Å². The summed E-state index contributed by atoms with van der Waals surface area (Å²) in [5, 5.41) is 3.64. The van der Waals surface area contributed by atoms with E-state index in [0.29, 0.717) is 12.1 Å². The lowest BCUT2D eigenvalue weighted by Crippen LogP contribution is -2.56. The molecule has 19 heavy (non-hydrogen) atoms. The number of rotatable bonds is 6. The van der Waals surface area contributed by atoms with Crippen molar-refractivity contribution in [2.45, 2.75) is 71.0 Å². The van der Waals surface area contributed by atoms with Crippen molar-refractivity contribution in [2.75, 3.05) is 32.7 Å². The van der Waals surface area contributed by atoms with Crippen LogP contribution in [0.4, 0.5) is 0 Å². The van der Waals surface area contributed by atoms with Crippen LogP contribution in [0.1, 0.15) is 52.9 Å². The zero-order chi connectivity index (χ0) is 13.7. The van der Waals surface area contributed by atoms with Crippen molar-refractivity contribution in [3.63, 3.8) is 0 Å². The Labute approximate surface area is 119 Å². The van der Waals surface area contributed by atoms with Gasteiger partial charge in [-0.1, -0.05) is 19.8 Å². The van der Waals surface area contributed by atoms with E-state index in [4.69, 9.17) is 0 Å². The van der Waals surface area contributed by atoms with E-state index in [1.165, 1.54) is 58.3 Å². The van der Waals surface area contributed by atoms with Crippen molar-refractivity contribution in [2.24, 2.45) is 0 Å². The third-order valence-corrected chi connectivity index (χ3v) is 5.21. The van der Waals surface area contributed by atoms with Gasteiger partial charge < -0.3 is 5.32 Å². The number of hydrogen-bond donors (Lipinski definition) is 1. The molecular weight excluding hydrogens is 234 g/mol. The molecule has 112 valence electrons. The van der Waals surface area contributed by atoms with Gasteiger partial charge in [0.1, 0.15) is 0 Å². The molecule has 0 aromatic heterocycles. The van der Waals surface area contributed by atoms with Gasteiger partial charge in [-0.25, -0.2) is 0 Å².